The third-order valence-corrected chi connectivity index (χ3v) is 5.56. The molecule has 6 heteroatoms. The van der Waals surface area contributed by atoms with Gasteiger partial charge in [-0.2, -0.15) is 0 Å². The summed E-state index contributed by atoms with van der Waals surface area (Å²) in [7, 11) is 1.84. The molecule has 0 atom stereocenters. The van der Waals surface area contributed by atoms with Gasteiger partial charge < -0.3 is 9.47 Å². The molecule has 0 saturated heterocycles. The van der Waals surface area contributed by atoms with Crippen molar-refractivity contribution in [1.29, 1.82) is 0 Å². The van der Waals surface area contributed by atoms with Gasteiger partial charge in [0.2, 0.25) is 5.91 Å². The number of aryl methyl sites for hydroxylation is 1. The molecule has 2 aromatic carbocycles. The molecule has 0 unspecified atom stereocenters. The lowest BCUT2D eigenvalue weighted by Gasteiger charge is -2.17. The van der Waals surface area contributed by atoms with E-state index in [1.54, 1.807) is 4.90 Å². The van der Waals surface area contributed by atoms with Crippen LogP contribution in [0.3, 0.4) is 0 Å². The Hall–Kier alpha value is -2.60. The Kier molecular flexibility index (Phi) is 6.87. The molecular weight excluding hydrogens is 368 g/mol. The maximum atomic E-state index is 12.5. The van der Waals surface area contributed by atoms with E-state index in [1.807, 2.05) is 25.2 Å². The Balaban J connectivity index is 1.59. The number of thioether (sulfide) groups is 1. The van der Waals surface area contributed by atoms with E-state index in [9.17, 15) is 4.79 Å². The maximum Gasteiger partial charge on any atom is 0.233 e. The number of hydrogen-bond acceptors (Lipinski definition) is 4. The van der Waals surface area contributed by atoms with Crippen LogP contribution in [0.25, 0.3) is 0 Å². The lowest BCUT2D eigenvalue weighted by Crippen LogP contribution is -2.27. The Morgan fingerprint density at radius 2 is 1.75 bits per heavy atom. The minimum absolute atomic E-state index is 0.0841. The molecule has 0 N–H and O–H groups in total. The lowest BCUT2D eigenvalue weighted by molar-refractivity contribution is -0.127. The van der Waals surface area contributed by atoms with E-state index < -0.39 is 0 Å². The number of hydrogen-bond donors (Lipinski definition) is 0. The average molecular weight is 395 g/mol. The summed E-state index contributed by atoms with van der Waals surface area (Å²) in [5.74, 6) is 1.36. The molecule has 0 radical (unpaired) electrons. The van der Waals surface area contributed by atoms with Crippen LogP contribution in [-0.2, 0) is 24.3 Å². The predicted molar refractivity (Wildman–Crippen MR) is 113 cm³/mol. The fraction of sp³-hybridized carbons (Fsp3) is 0.318. The Labute approximate surface area is 170 Å². The molecule has 146 valence electrons. The zero-order chi connectivity index (χ0) is 19.9. The first-order valence-corrected chi connectivity index (χ1v) is 10.4. The van der Waals surface area contributed by atoms with Gasteiger partial charge in [0.1, 0.15) is 5.82 Å². The van der Waals surface area contributed by atoms with Crippen LogP contribution >= 0.6 is 11.8 Å². The number of nitrogens with zero attached hydrogens (tertiary/aromatic N) is 4. The molecule has 0 saturated carbocycles. The summed E-state index contributed by atoms with van der Waals surface area (Å²) in [6.07, 6.45) is 0.740. The van der Waals surface area contributed by atoms with E-state index in [2.05, 4.69) is 65.0 Å². The van der Waals surface area contributed by atoms with Gasteiger partial charge in [-0.15, -0.1) is 10.2 Å². The summed E-state index contributed by atoms with van der Waals surface area (Å²) in [6.45, 7) is 5.53. The average Bonchev–Trinajstić information content (AvgIpc) is 3.10. The molecule has 1 heterocycles. The van der Waals surface area contributed by atoms with Crippen LogP contribution in [0.1, 0.15) is 29.4 Å². The second kappa shape index (κ2) is 9.55. The molecule has 0 fully saturated rings. The summed E-state index contributed by atoms with van der Waals surface area (Å²) in [5, 5.41) is 9.46. The second-order valence-electron chi connectivity index (χ2n) is 6.83. The van der Waals surface area contributed by atoms with E-state index in [4.69, 9.17) is 0 Å². The Bertz CT molecular complexity index is 906. The first-order chi connectivity index (χ1) is 13.6. The Morgan fingerprint density at radius 3 is 2.43 bits per heavy atom. The minimum atomic E-state index is 0.0841. The highest BCUT2D eigenvalue weighted by Crippen LogP contribution is 2.19. The predicted octanol–water partition coefficient (Wildman–Crippen LogP) is 3.95. The zero-order valence-corrected chi connectivity index (χ0v) is 17.4. The summed E-state index contributed by atoms with van der Waals surface area (Å²) in [4.78, 5) is 14.3. The highest BCUT2D eigenvalue weighted by Gasteiger charge is 2.15. The molecule has 3 rings (SSSR count). The second-order valence-corrected chi connectivity index (χ2v) is 7.77. The van der Waals surface area contributed by atoms with Crippen molar-refractivity contribution in [3.05, 3.63) is 77.1 Å². The zero-order valence-electron chi connectivity index (χ0n) is 16.6. The molecule has 0 aliphatic carbocycles. The molecule has 1 aromatic heterocycles. The van der Waals surface area contributed by atoms with Gasteiger partial charge in [-0.1, -0.05) is 71.9 Å². The number of amides is 1. The molecule has 5 nitrogen and oxygen atoms in total. The van der Waals surface area contributed by atoms with Crippen molar-refractivity contribution in [3.63, 3.8) is 0 Å². The largest absolute Gasteiger partial charge is 0.341 e. The minimum Gasteiger partial charge on any atom is -0.341 e. The van der Waals surface area contributed by atoms with Crippen LogP contribution in [0.15, 0.2) is 59.8 Å². The van der Waals surface area contributed by atoms with Gasteiger partial charge in [-0.25, -0.2) is 0 Å². The highest BCUT2D eigenvalue weighted by atomic mass is 32.2. The van der Waals surface area contributed by atoms with Crippen LogP contribution in [0.2, 0.25) is 0 Å². The van der Waals surface area contributed by atoms with E-state index in [0.29, 0.717) is 12.3 Å². The van der Waals surface area contributed by atoms with Gasteiger partial charge in [0.05, 0.1) is 5.75 Å². The highest BCUT2D eigenvalue weighted by molar-refractivity contribution is 7.99. The van der Waals surface area contributed by atoms with E-state index in [-0.39, 0.29) is 5.91 Å². The third-order valence-electron chi connectivity index (χ3n) is 4.61. The quantitative estimate of drug-likeness (QED) is 0.543. The molecule has 0 bridgehead atoms. The van der Waals surface area contributed by atoms with Crippen molar-refractivity contribution >= 4 is 17.7 Å². The van der Waals surface area contributed by atoms with Crippen molar-refractivity contribution in [2.75, 3.05) is 12.8 Å². The van der Waals surface area contributed by atoms with Crippen molar-refractivity contribution in [3.8, 4) is 0 Å². The summed E-state index contributed by atoms with van der Waals surface area (Å²) >= 11 is 1.45. The fourth-order valence-corrected chi connectivity index (χ4v) is 3.91. The first kappa shape index (κ1) is 20.1. The van der Waals surface area contributed by atoms with Crippen molar-refractivity contribution in [2.24, 2.45) is 0 Å². The molecule has 28 heavy (non-hydrogen) atoms. The topological polar surface area (TPSA) is 51.0 Å². The number of carbonyl (C=O) groups is 1. The van der Waals surface area contributed by atoms with Gasteiger partial charge >= 0.3 is 0 Å². The molecule has 0 aliphatic heterocycles. The van der Waals surface area contributed by atoms with Crippen LogP contribution in [0.5, 0.6) is 0 Å². The van der Waals surface area contributed by atoms with Gasteiger partial charge in [-0.3, -0.25) is 4.79 Å². The van der Waals surface area contributed by atoms with Crippen LogP contribution in [-0.4, -0.2) is 38.4 Å². The lowest BCUT2D eigenvalue weighted by atomic mass is 10.1. The molecule has 0 spiro atoms. The van der Waals surface area contributed by atoms with E-state index >= 15 is 0 Å². The van der Waals surface area contributed by atoms with Gasteiger partial charge in [-0.05, 0) is 25.0 Å². The third kappa shape index (κ3) is 5.23. The number of carbonyl (C=O) groups excluding carboxylic acids is 1. The summed E-state index contributed by atoms with van der Waals surface area (Å²) in [5.41, 5.74) is 3.56. The van der Waals surface area contributed by atoms with E-state index in [1.165, 1.54) is 22.9 Å². The molecule has 3 aromatic rings. The Morgan fingerprint density at radius 1 is 1.04 bits per heavy atom. The number of rotatable bonds is 8. The van der Waals surface area contributed by atoms with Gasteiger partial charge in [0.25, 0.3) is 0 Å². The SMILES string of the molecule is CCn1c(Cc2ccccc2)nnc1SCC(=O)N(C)Cc1ccc(C)cc1. The van der Waals surface area contributed by atoms with Crippen LogP contribution < -0.4 is 0 Å². The smallest absolute Gasteiger partial charge is 0.233 e. The molecule has 0 aliphatic rings. The summed E-state index contributed by atoms with van der Waals surface area (Å²) < 4.78 is 2.09. The van der Waals surface area contributed by atoms with E-state index in [0.717, 1.165) is 29.5 Å². The fourth-order valence-electron chi connectivity index (χ4n) is 2.94. The molecular formula is C22H26N4OS. The standard InChI is InChI=1S/C22H26N4OS/c1-4-26-20(14-18-8-6-5-7-9-18)23-24-22(26)28-16-21(27)25(3)15-19-12-10-17(2)11-13-19/h5-13H,4,14-16H2,1-3H3. The van der Waals surface area contributed by atoms with Gasteiger partial charge in [0.15, 0.2) is 5.16 Å². The maximum absolute atomic E-state index is 12.5. The van der Waals surface area contributed by atoms with Crippen LogP contribution in [0.4, 0.5) is 0 Å². The van der Waals surface area contributed by atoms with Crippen molar-refractivity contribution in [1.82, 2.24) is 19.7 Å². The monoisotopic (exact) mass is 394 g/mol. The number of benzene rings is 2. The van der Waals surface area contributed by atoms with Gasteiger partial charge in [0, 0.05) is 26.6 Å². The molecule has 1 amide bonds. The normalized spacial score (nSPS) is 10.8. The van der Waals surface area contributed by atoms with Crippen LogP contribution in [0, 0.1) is 6.92 Å². The van der Waals surface area contributed by atoms with Crippen molar-refractivity contribution < 1.29 is 4.79 Å². The van der Waals surface area contributed by atoms with Crippen molar-refractivity contribution in [2.45, 2.75) is 38.5 Å². The summed E-state index contributed by atoms with van der Waals surface area (Å²) in [6, 6.07) is 18.5. The number of aromatic nitrogens is 3. The first-order valence-electron chi connectivity index (χ1n) is 9.45.